The second-order valence-electron chi connectivity index (χ2n) is 3.31. The fourth-order valence-corrected chi connectivity index (χ4v) is 1.91. The van der Waals surface area contributed by atoms with Gasteiger partial charge in [-0.25, -0.2) is 5.48 Å². The Labute approximate surface area is 94.1 Å². The normalized spacial score (nSPS) is 13.6. The third-order valence-electron chi connectivity index (χ3n) is 2.27. The number of hydrogen-bond acceptors (Lipinski definition) is 4. The summed E-state index contributed by atoms with van der Waals surface area (Å²) < 4.78 is 0. The highest BCUT2D eigenvalue weighted by molar-refractivity contribution is 7.24. The summed E-state index contributed by atoms with van der Waals surface area (Å²) in [4.78, 5) is 9.34. The number of aromatic nitrogens is 2. The maximum absolute atomic E-state index is 5.41. The molecule has 0 spiro atoms. The van der Waals surface area contributed by atoms with Crippen molar-refractivity contribution in [2.45, 2.75) is 0 Å². The number of nitrogens with zero attached hydrogens (tertiary/aromatic N) is 2. The second kappa shape index (κ2) is 3.91. The van der Waals surface area contributed by atoms with Gasteiger partial charge in [0.05, 0.1) is 14.0 Å². The fourth-order valence-electron chi connectivity index (χ4n) is 1.50. The first-order chi connectivity index (χ1) is 7.93. The van der Waals surface area contributed by atoms with Crippen LogP contribution in [0.1, 0.15) is 11.3 Å². The lowest BCUT2D eigenvalue weighted by Gasteiger charge is -2.17. The molecule has 0 radical (unpaired) electrons. The summed E-state index contributed by atoms with van der Waals surface area (Å²) >= 11 is 0. The van der Waals surface area contributed by atoms with Gasteiger partial charge in [0.1, 0.15) is 5.69 Å². The van der Waals surface area contributed by atoms with Gasteiger partial charge in [0, 0.05) is 5.56 Å². The molecule has 0 bridgehead atoms. The van der Waals surface area contributed by atoms with Crippen LogP contribution < -0.4 is 10.3 Å². The van der Waals surface area contributed by atoms with Gasteiger partial charge in [-0.2, -0.15) is 0 Å². The lowest BCUT2D eigenvalue weighted by atomic mass is 10.1. The van der Waals surface area contributed by atoms with Crippen LogP contribution in [-0.2, 0) is 0 Å². The van der Waals surface area contributed by atoms with Crippen molar-refractivity contribution in [1.29, 1.82) is 0 Å². The predicted octanol–water partition coefficient (Wildman–Crippen LogP) is 2.45. The zero-order valence-electron chi connectivity index (χ0n) is 8.29. The molecule has 0 unspecified atom stereocenters. The van der Waals surface area contributed by atoms with Gasteiger partial charge in [0.15, 0.2) is 5.75 Å². The van der Waals surface area contributed by atoms with Crippen LogP contribution in [0.25, 0.3) is 11.8 Å². The van der Waals surface area contributed by atoms with E-state index < -0.39 is 0 Å². The van der Waals surface area contributed by atoms with Crippen molar-refractivity contribution in [2.75, 3.05) is 0 Å². The van der Waals surface area contributed by atoms with Gasteiger partial charge in [0.2, 0.25) is 0 Å². The molecule has 0 saturated carbocycles. The number of benzene rings is 1. The third kappa shape index (κ3) is 1.64. The SMILES string of the molecule is C1=C(c2ccpnn2)NOc2ccccc21. The van der Waals surface area contributed by atoms with Crippen molar-refractivity contribution >= 4 is 20.1 Å². The van der Waals surface area contributed by atoms with E-state index in [0.29, 0.717) is 0 Å². The summed E-state index contributed by atoms with van der Waals surface area (Å²) in [5.74, 6) is 2.76. The fraction of sp³-hybridized carbons (Fsp3) is 0. The van der Waals surface area contributed by atoms with Crippen molar-refractivity contribution in [3.63, 3.8) is 0 Å². The molecular weight excluding hydrogens is 221 g/mol. The minimum absolute atomic E-state index is 0.785. The monoisotopic (exact) mass is 229 g/mol. The molecule has 4 nitrogen and oxygen atoms in total. The van der Waals surface area contributed by atoms with E-state index in [-0.39, 0.29) is 0 Å². The zero-order chi connectivity index (χ0) is 10.8. The van der Waals surface area contributed by atoms with Crippen LogP contribution in [0.3, 0.4) is 0 Å². The average molecular weight is 229 g/mol. The van der Waals surface area contributed by atoms with E-state index in [9.17, 15) is 0 Å². The smallest absolute Gasteiger partial charge is 0.162 e. The van der Waals surface area contributed by atoms with Gasteiger partial charge >= 0.3 is 0 Å². The van der Waals surface area contributed by atoms with Crippen LogP contribution in [0.15, 0.2) is 36.1 Å². The van der Waals surface area contributed by atoms with E-state index in [4.69, 9.17) is 4.84 Å². The minimum atomic E-state index is 0.785. The van der Waals surface area contributed by atoms with Gasteiger partial charge in [-0.1, -0.05) is 18.2 Å². The molecule has 2 heterocycles. The van der Waals surface area contributed by atoms with Crippen LogP contribution >= 0.6 is 8.35 Å². The Kier molecular flexibility index (Phi) is 2.27. The van der Waals surface area contributed by atoms with Crippen LogP contribution in [0.2, 0.25) is 0 Å². The summed E-state index contributed by atoms with van der Waals surface area (Å²) in [7, 11) is 0.868. The lowest BCUT2D eigenvalue weighted by molar-refractivity contribution is 0.248. The van der Waals surface area contributed by atoms with E-state index in [1.54, 1.807) is 0 Å². The number of hydrogen-bond donors (Lipinski definition) is 1. The summed E-state index contributed by atoms with van der Waals surface area (Å²) in [6.07, 6.45) is 2.00. The molecule has 0 atom stereocenters. The maximum atomic E-state index is 5.41. The topological polar surface area (TPSA) is 47.0 Å². The lowest BCUT2D eigenvalue weighted by Crippen LogP contribution is -2.21. The Hall–Kier alpha value is -1.93. The summed E-state index contributed by atoms with van der Waals surface area (Å²) in [6, 6.07) is 9.75. The van der Waals surface area contributed by atoms with Crippen LogP contribution in [0.5, 0.6) is 5.75 Å². The molecular formula is C11H8N3OP. The van der Waals surface area contributed by atoms with Crippen LogP contribution in [0, 0.1) is 0 Å². The number of fused-ring (bicyclic) bond motifs is 1. The highest BCUT2D eigenvalue weighted by Crippen LogP contribution is 2.26. The Morgan fingerprint density at radius 2 is 2.12 bits per heavy atom. The Bertz CT molecular complexity index is 542. The van der Waals surface area contributed by atoms with Gasteiger partial charge in [-0.3, -0.25) is 0 Å². The Morgan fingerprint density at radius 3 is 3.00 bits per heavy atom. The van der Waals surface area contributed by atoms with Crippen molar-refractivity contribution in [3.8, 4) is 5.75 Å². The number of para-hydroxylation sites is 1. The molecule has 0 saturated heterocycles. The summed E-state index contributed by atoms with van der Waals surface area (Å²) in [6.45, 7) is 0. The Balaban J connectivity index is 2.04. The van der Waals surface area contributed by atoms with E-state index in [1.165, 1.54) is 0 Å². The predicted molar refractivity (Wildman–Crippen MR) is 62.6 cm³/mol. The molecule has 78 valence electrons. The molecule has 0 amide bonds. The minimum Gasteiger partial charge on any atom is -0.381 e. The summed E-state index contributed by atoms with van der Waals surface area (Å²) in [5.41, 5.74) is 5.51. The molecule has 1 aliphatic heterocycles. The van der Waals surface area contributed by atoms with Crippen molar-refractivity contribution in [2.24, 2.45) is 0 Å². The van der Waals surface area contributed by atoms with Crippen molar-refractivity contribution in [1.82, 2.24) is 15.4 Å². The molecule has 1 aliphatic rings. The number of hydroxylamine groups is 1. The van der Waals surface area contributed by atoms with E-state index in [2.05, 4.69) is 15.4 Å². The molecule has 1 N–H and O–H groups in total. The first kappa shape index (κ1) is 9.31. The molecule has 1 aromatic heterocycles. The molecule has 16 heavy (non-hydrogen) atoms. The molecule has 3 rings (SSSR count). The van der Waals surface area contributed by atoms with E-state index in [0.717, 1.165) is 31.1 Å². The molecule has 2 aromatic rings. The highest BCUT2D eigenvalue weighted by Gasteiger charge is 2.12. The zero-order valence-corrected chi connectivity index (χ0v) is 9.19. The maximum Gasteiger partial charge on any atom is 0.162 e. The molecule has 0 aliphatic carbocycles. The van der Waals surface area contributed by atoms with Gasteiger partial charge in [0.25, 0.3) is 0 Å². The standard InChI is InChI=1S/C11H8N3OP/c1-2-4-11-8(3-1)7-10(13-15-11)9-5-6-16-14-12-9/h1-7,13H. The highest BCUT2D eigenvalue weighted by atomic mass is 31.0. The van der Waals surface area contributed by atoms with E-state index in [1.807, 2.05) is 42.2 Å². The average Bonchev–Trinajstić information content (AvgIpc) is 2.39. The molecule has 5 heteroatoms. The summed E-state index contributed by atoms with van der Waals surface area (Å²) in [5, 5.41) is 4.06. The number of rotatable bonds is 1. The van der Waals surface area contributed by atoms with E-state index >= 15 is 0 Å². The van der Waals surface area contributed by atoms with Crippen LogP contribution in [0.4, 0.5) is 0 Å². The second-order valence-corrected chi connectivity index (χ2v) is 4.01. The first-order valence-electron chi connectivity index (χ1n) is 4.82. The molecule has 1 aromatic carbocycles. The van der Waals surface area contributed by atoms with Gasteiger partial charge in [-0.05, 0) is 24.0 Å². The third-order valence-corrected chi connectivity index (χ3v) is 2.74. The quantitative estimate of drug-likeness (QED) is 0.815. The van der Waals surface area contributed by atoms with Gasteiger partial charge in [-0.15, -0.1) is 9.96 Å². The molecule has 0 fully saturated rings. The van der Waals surface area contributed by atoms with Crippen molar-refractivity contribution in [3.05, 3.63) is 47.4 Å². The van der Waals surface area contributed by atoms with Crippen LogP contribution in [-0.4, -0.2) is 9.96 Å². The largest absolute Gasteiger partial charge is 0.381 e. The Morgan fingerprint density at radius 1 is 1.19 bits per heavy atom. The van der Waals surface area contributed by atoms with Gasteiger partial charge < -0.3 is 4.84 Å². The van der Waals surface area contributed by atoms with Crippen molar-refractivity contribution < 1.29 is 4.84 Å². The first-order valence-corrected chi connectivity index (χ1v) is 5.73. The number of nitrogens with one attached hydrogen (secondary N) is 1.